The fourth-order valence-electron chi connectivity index (χ4n) is 3.85. The Morgan fingerprint density at radius 3 is 2.47 bits per heavy atom. The van der Waals surface area contributed by atoms with Gasteiger partial charge in [0, 0.05) is 23.2 Å². The highest BCUT2D eigenvalue weighted by atomic mass is 32.1. The van der Waals surface area contributed by atoms with Crippen LogP contribution in [0, 0.1) is 6.92 Å². The molecule has 0 saturated carbocycles. The van der Waals surface area contributed by atoms with Gasteiger partial charge in [0.25, 0.3) is 5.17 Å². The van der Waals surface area contributed by atoms with Crippen molar-refractivity contribution in [2.75, 3.05) is 19.5 Å². The van der Waals surface area contributed by atoms with Gasteiger partial charge >= 0.3 is 17.9 Å². The summed E-state index contributed by atoms with van der Waals surface area (Å²) in [5.74, 6) is -1.10. The van der Waals surface area contributed by atoms with Gasteiger partial charge in [-0.05, 0) is 68.7 Å². The van der Waals surface area contributed by atoms with E-state index in [-0.39, 0.29) is 29.5 Å². The maximum Gasteiger partial charge on any atom is 0.342 e. The molecule has 36 heavy (non-hydrogen) atoms. The summed E-state index contributed by atoms with van der Waals surface area (Å²) in [5, 5.41) is 11.9. The molecule has 2 N–H and O–H groups in total. The monoisotopic (exact) mass is 513 g/mol. The number of nitrogens with one attached hydrogen (secondary N) is 1. The van der Waals surface area contributed by atoms with Crippen molar-refractivity contribution in [1.82, 2.24) is 0 Å². The predicted molar refractivity (Wildman–Crippen MR) is 136 cm³/mol. The van der Waals surface area contributed by atoms with E-state index in [9.17, 15) is 14.4 Å². The first-order valence-electron chi connectivity index (χ1n) is 11.1. The number of carboxylic acid groups (broad SMARTS) is 1. The van der Waals surface area contributed by atoms with Gasteiger partial charge in [0.2, 0.25) is 0 Å². The molecule has 0 bridgehead atoms. The number of cyclic esters (lactones) is 1. The second-order valence-electron chi connectivity index (χ2n) is 8.13. The largest absolute Gasteiger partial charge is 0.496 e. The molecular weight excluding hydrogens is 486 g/mol. The highest BCUT2D eigenvalue weighted by molar-refractivity contribution is 7.80. The molecule has 1 aliphatic rings. The van der Waals surface area contributed by atoms with Gasteiger partial charge in [-0.2, -0.15) is 0 Å². The average molecular weight is 514 g/mol. The Labute approximate surface area is 214 Å². The third-order valence-electron chi connectivity index (χ3n) is 5.76. The van der Waals surface area contributed by atoms with Crippen molar-refractivity contribution in [3.63, 3.8) is 0 Å². The number of esters is 2. The van der Waals surface area contributed by atoms with Crippen LogP contribution >= 0.6 is 12.2 Å². The van der Waals surface area contributed by atoms with Crippen molar-refractivity contribution in [3.8, 4) is 11.5 Å². The summed E-state index contributed by atoms with van der Waals surface area (Å²) in [6.45, 7) is 3.78. The molecule has 190 valence electrons. The molecule has 0 fully saturated rings. The highest BCUT2D eigenvalue weighted by Crippen LogP contribution is 2.43. The third-order valence-corrected chi connectivity index (χ3v) is 5.95. The molecular formula is C26H27NO8S. The molecule has 2 aromatic carbocycles. The molecule has 2 aromatic rings. The van der Waals surface area contributed by atoms with Crippen molar-refractivity contribution in [3.05, 3.63) is 63.7 Å². The van der Waals surface area contributed by atoms with Crippen LogP contribution in [0.2, 0.25) is 0 Å². The number of benzene rings is 2. The molecule has 0 spiro atoms. The molecule has 10 heteroatoms. The van der Waals surface area contributed by atoms with Crippen LogP contribution in [0.15, 0.2) is 35.9 Å². The second kappa shape index (κ2) is 11.7. The number of methoxy groups -OCH3 is 2. The van der Waals surface area contributed by atoms with Gasteiger partial charge in [-0.15, -0.1) is 0 Å². The smallest absolute Gasteiger partial charge is 0.342 e. The van der Waals surface area contributed by atoms with E-state index in [0.29, 0.717) is 41.0 Å². The fourth-order valence-corrected chi connectivity index (χ4v) is 4.05. The van der Waals surface area contributed by atoms with Crippen LogP contribution in [0.3, 0.4) is 0 Å². The number of thiocarbonyl (C=S) groups is 1. The molecule has 0 radical (unpaired) electrons. The highest BCUT2D eigenvalue weighted by Gasteiger charge is 2.33. The van der Waals surface area contributed by atoms with E-state index < -0.39 is 17.9 Å². The maximum atomic E-state index is 12.6. The lowest BCUT2D eigenvalue weighted by atomic mass is 9.94. The molecule has 0 unspecified atom stereocenters. The van der Waals surface area contributed by atoms with Crippen LogP contribution in [-0.2, 0) is 27.3 Å². The standard InChI is InChI=1S/C26H27NO8S/c1-14(6-12-20(28)29)5-11-18-22(32-3)15(2)19-13-34-25(31)21(19)23(18)35-26(36)27-17-9-7-16(8-10-17)24(30)33-4/h5,7-10H,6,11-13H2,1-4H3,(H,27,36)(H,28,29)/b14-5+. The van der Waals surface area contributed by atoms with Gasteiger partial charge in [-0.3, -0.25) is 4.79 Å². The van der Waals surface area contributed by atoms with Crippen molar-refractivity contribution in [2.45, 2.75) is 39.7 Å². The lowest BCUT2D eigenvalue weighted by Gasteiger charge is -2.20. The minimum Gasteiger partial charge on any atom is -0.496 e. The topological polar surface area (TPSA) is 120 Å². The zero-order valence-electron chi connectivity index (χ0n) is 20.4. The first-order chi connectivity index (χ1) is 17.2. The third kappa shape index (κ3) is 6.01. The molecule has 0 saturated heterocycles. The molecule has 1 aliphatic heterocycles. The Hall–Kier alpha value is -3.92. The summed E-state index contributed by atoms with van der Waals surface area (Å²) >= 11 is 5.41. The Morgan fingerprint density at radius 2 is 1.86 bits per heavy atom. The Balaban J connectivity index is 1.94. The normalized spacial score (nSPS) is 12.4. The summed E-state index contributed by atoms with van der Waals surface area (Å²) in [5.41, 5.74) is 4.11. The predicted octanol–water partition coefficient (Wildman–Crippen LogP) is 4.59. The van der Waals surface area contributed by atoms with E-state index >= 15 is 0 Å². The van der Waals surface area contributed by atoms with Gasteiger partial charge in [-0.25, -0.2) is 9.59 Å². The Kier molecular flexibility index (Phi) is 8.65. The Bertz CT molecular complexity index is 1230. The minimum absolute atomic E-state index is 0.0150. The van der Waals surface area contributed by atoms with E-state index in [2.05, 4.69) is 5.32 Å². The fraction of sp³-hybridized carbons (Fsp3) is 0.308. The van der Waals surface area contributed by atoms with Crippen LogP contribution in [0.5, 0.6) is 11.5 Å². The number of hydrogen-bond acceptors (Lipinski definition) is 8. The number of carboxylic acids is 1. The minimum atomic E-state index is -0.878. The van der Waals surface area contributed by atoms with Crippen molar-refractivity contribution >= 4 is 41.0 Å². The number of allylic oxidation sites excluding steroid dienone is 2. The van der Waals surface area contributed by atoms with Crippen molar-refractivity contribution in [1.29, 1.82) is 0 Å². The van der Waals surface area contributed by atoms with Gasteiger partial charge < -0.3 is 29.4 Å². The van der Waals surface area contributed by atoms with Crippen LogP contribution in [0.4, 0.5) is 5.69 Å². The number of rotatable bonds is 9. The first kappa shape index (κ1) is 26.7. The SMILES string of the molecule is COC(=O)c1ccc(NC(=S)Oc2c(C/C=C(\C)CCC(=O)O)c(OC)c(C)c3c2C(=O)OC3)cc1. The van der Waals surface area contributed by atoms with Crippen molar-refractivity contribution in [2.24, 2.45) is 0 Å². The number of aliphatic carboxylic acids is 1. The maximum absolute atomic E-state index is 12.6. The molecule has 0 aliphatic carbocycles. The van der Waals surface area contributed by atoms with Gasteiger partial charge in [0.15, 0.2) is 5.75 Å². The van der Waals surface area contributed by atoms with Crippen LogP contribution in [0.25, 0.3) is 0 Å². The molecule has 3 rings (SSSR count). The quantitative estimate of drug-likeness (QED) is 0.280. The molecule has 0 atom stereocenters. The summed E-state index contributed by atoms with van der Waals surface area (Å²) in [4.78, 5) is 35.2. The van der Waals surface area contributed by atoms with Crippen LogP contribution in [-0.4, -0.2) is 42.4 Å². The number of fused-ring (bicyclic) bond motifs is 1. The second-order valence-corrected chi connectivity index (χ2v) is 8.50. The van der Waals surface area contributed by atoms with Crippen molar-refractivity contribution < 1.29 is 38.4 Å². The average Bonchev–Trinajstić information content (AvgIpc) is 3.25. The number of carbonyl (C=O) groups excluding carboxylic acids is 2. The van der Waals surface area contributed by atoms with E-state index in [1.165, 1.54) is 14.2 Å². The Morgan fingerprint density at radius 1 is 1.17 bits per heavy atom. The molecule has 9 nitrogen and oxygen atoms in total. The van der Waals surface area contributed by atoms with Gasteiger partial charge in [0.05, 0.1) is 19.8 Å². The molecule has 0 amide bonds. The van der Waals surface area contributed by atoms with Crippen LogP contribution in [0.1, 0.15) is 57.2 Å². The summed E-state index contributed by atoms with van der Waals surface area (Å²) < 4.78 is 21.7. The zero-order valence-corrected chi connectivity index (χ0v) is 21.2. The zero-order chi connectivity index (χ0) is 26.4. The molecule has 1 heterocycles. The lowest BCUT2D eigenvalue weighted by Crippen LogP contribution is -2.19. The number of carbonyl (C=O) groups is 3. The number of ether oxygens (including phenoxy) is 4. The number of anilines is 1. The molecule has 0 aromatic heterocycles. The summed E-state index contributed by atoms with van der Waals surface area (Å²) in [6.07, 6.45) is 2.60. The van der Waals surface area contributed by atoms with Gasteiger partial charge in [0.1, 0.15) is 17.9 Å². The van der Waals surface area contributed by atoms with E-state index in [1.54, 1.807) is 24.3 Å². The van der Waals surface area contributed by atoms with E-state index in [4.69, 9.17) is 36.3 Å². The first-order valence-corrected chi connectivity index (χ1v) is 11.5. The lowest BCUT2D eigenvalue weighted by molar-refractivity contribution is -0.136. The summed E-state index contributed by atoms with van der Waals surface area (Å²) in [7, 11) is 2.83. The van der Waals surface area contributed by atoms with E-state index in [0.717, 1.165) is 11.1 Å². The van der Waals surface area contributed by atoms with E-state index in [1.807, 2.05) is 19.9 Å². The van der Waals surface area contributed by atoms with Gasteiger partial charge in [-0.1, -0.05) is 11.6 Å². The number of hydrogen-bond donors (Lipinski definition) is 2. The summed E-state index contributed by atoms with van der Waals surface area (Å²) in [6, 6.07) is 6.45. The van der Waals surface area contributed by atoms with Crippen LogP contribution < -0.4 is 14.8 Å².